The average Bonchev–Trinajstić information content (AvgIpc) is 2.35. The van der Waals surface area contributed by atoms with Crippen molar-refractivity contribution in [3.8, 4) is 5.75 Å². The summed E-state index contributed by atoms with van der Waals surface area (Å²) in [6, 6.07) is 3.52. The number of nitrogens with one attached hydrogen (secondary N) is 2. The van der Waals surface area contributed by atoms with E-state index in [2.05, 4.69) is 17.6 Å². The van der Waals surface area contributed by atoms with Crippen molar-refractivity contribution in [3.63, 3.8) is 0 Å². The molecule has 3 N–H and O–H groups in total. The van der Waals surface area contributed by atoms with Crippen molar-refractivity contribution in [1.82, 2.24) is 5.32 Å². The minimum Gasteiger partial charge on any atom is -0.505 e. The van der Waals surface area contributed by atoms with Crippen LogP contribution in [0, 0.1) is 19.8 Å². The lowest BCUT2D eigenvalue weighted by Crippen LogP contribution is -2.48. The second kappa shape index (κ2) is 5.61. The minimum absolute atomic E-state index is 0.0625. The van der Waals surface area contributed by atoms with Crippen molar-refractivity contribution in [2.24, 2.45) is 5.92 Å². The zero-order valence-corrected chi connectivity index (χ0v) is 11.8. The van der Waals surface area contributed by atoms with Gasteiger partial charge in [0, 0.05) is 0 Å². The quantitative estimate of drug-likeness (QED) is 0.717. The van der Waals surface area contributed by atoms with Crippen molar-refractivity contribution in [2.75, 3.05) is 11.9 Å². The van der Waals surface area contributed by atoms with Crippen molar-refractivity contribution in [3.05, 3.63) is 23.3 Å². The highest BCUT2D eigenvalue weighted by atomic mass is 16.3. The normalized spacial score (nSPS) is 23.1. The van der Waals surface area contributed by atoms with E-state index in [0.29, 0.717) is 11.6 Å². The number of phenols is 1. The van der Waals surface area contributed by atoms with E-state index in [4.69, 9.17) is 0 Å². The maximum Gasteiger partial charge on any atom is 0.241 e. The fourth-order valence-corrected chi connectivity index (χ4v) is 2.67. The molecule has 0 aliphatic carbocycles. The molecule has 4 heteroatoms. The van der Waals surface area contributed by atoms with Crippen LogP contribution in [-0.4, -0.2) is 23.6 Å². The van der Waals surface area contributed by atoms with Gasteiger partial charge in [0.15, 0.2) is 0 Å². The molecule has 1 aliphatic rings. The van der Waals surface area contributed by atoms with Crippen molar-refractivity contribution < 1.29 is 9.90 Å². The summed E-state index contributed by atoms with van der Waals surface area (Å²) < 4.78 is 0. The Kier molecular flexibility index (Phi) is 4.10. The van der Waals surface area contributed by atoms with Gasteiger partial charge in [0.05, 0.1) is 11.7 Å². The fraction of sp³-hybridized carbons (Fsp3) is 0.533. The second-order valence-electron chi connectivity index (χ2n) is 5.52. The van der Waals surface area contributed by atoms with Gasteiger partial charge in [-0.2, -0.15) is 0 Å². The predicted octanol–water partition coefficient (Wildman–Crippen LogP) is 2.34. The van der Waals surface area contributed by atoms with E-state index in [1.54, 1.807) is 6.07 Å². The Labute approximate surface area is 114 Å². The molecule has 0 saturated carbocycles. The first-order chi connectivity index (χ1) is 8.99. The third-order valence-corrected chi connectivity index (χ3v) is 3.75. The Hall–Kier alpha value is -1.55. The maximum atomic E-state index is 12.3. The lowest BCUT2D eigenvalue weighted by Gasteiger charge is -2.29. The molecule has 4 nitrogen and oxygen atoms in total. The molecule has 0 aromatic heterocycles. The van der Waals surface area contributed by atoms with E-state index in [-0.39, 0.29) is 17.7 Å². The van der Waals surface area contributed by atoms with Gasteiger partial charge in [-0.3, -0.25) is 4.79 Å². The van der Waals surface area contributed by atoms with E-state index in [0.717, 1.165) is 30.5 Å². The summed E-state index contributed by atoms with van der Waals surface area (Å²) in [5.41, 5.74) is 2.30. The number of aryl methyl sites for hydroxylation is 2. The fourth-order valence-electron chi connectivity index (χ4n) is 2.67. The molecule has 1 saturated heterocycles. The van der Waals surface area contributed by atoms with E-state index < -0.39 is 0 Å². The van der Waals surface area contributed by atoms with Crippen LogP contribution in [0.15, 0.2) is 12.1 Å². The van der Waals surface area contributed by atoms with Crippen LogP contribution in [0.4, 0.5) is 5.69 Å². The Morgan fingerprint density at radius 2 is 2.16 bits per heavy atom. The van der Waals surface area contributed by atoms with Crippen molar-refractivity contribution in [1.29, 1.82) is 0 Å². The molecule has 2 rings (SSSR count). The van der Waals surface area contributed by atoms with E-state index in [1.807, 2.05) is 19.9 Å². The van der Waals surface area contributed by atoms with E-state index in [9.17, 15) is 9.90 Å². The Morgan fingerprint density at radius 1 is 1.42 bits per heavy atom. The molecule has 1 aromatic rings. The van der Waals surface area contributed by atoms with Crippen LogP contribution in [0.2, 0.25) is 0 Å². The zero-order valence-electron chi connectivity index (χ0n) is 11.8. The molecule has 2 unspecified atom stereocenters. The van der Waals surface area contributed by atoms with Gasteiger partial charge in [-0.25, -0.2) is 0 Å². The predicted molar refractivity (Wildman–Crippen MR) is 76.4 cm³/mol. The lowest BCUT2D eigenvalue weighted by atomic mass is 9.92. The van der Waals surface area contributed by atoms with Gasteiger partial charge in [-0.15, -0.1) is 0 Å². The van der Waals surface area contributed by atoms with Gasteiger partial charge in [-0.1, -0.05) is 13.0 Å². The molecule has 0 spiro atoms. The summed E-state index contributed by atoms with van der Waals surface area (Å²) in [6.07, 6.45) is 2.17. The molecule has 1 aliphatic heterocycles. The molecular weight excluding hydrogens is 240 g/mol. The number of carbonyl (C=O) groups is 1. The topological polar surface area (TPSA) is 61.4 Å². The molecule has 104 valence electrons. The number of amides is 1. The largest absolute Gasteiger partial charge is 0.505 e. The highest BCUT2D eigenvalue weighted by Gasteiger charge is 2.27. The molecule has 1 aromatic carbocycles. The number of hydrogen-bond donors (Lipinski definition) is 3. The zero-order chi connectivity index (χ0) is 14.0. The van der Waals surface area contributed by atoms with Crippen LogP contribution in [0.1, 0.15) is 30.9 Å². The lowest BCUT2D eigenvalue weighted by molar-refractivity contribution is -0.119. The second-order valence-corrected chi connectivity index (χ2v) is 5.52. The van der Waals surface area contributed by atoms with E-state index in [1.165, 1.54) is 0 Å². The van der Waals surface area contributed by atoms with Crippen LogP contribution in [0.5, 0.6) is 5.75 Å². The molecule has 2 atom stereocenters. The van der Waals surface area contributed by atoms with Crippen LogP contribution < -0.4 is 10.6 Å². The summed E-state index contributed by atoms with van der Waals surface area (Å²) in [4.78, 5) is 12.3. The van der Waals surface area contributed by atoms with Gasteiger partial charge in [-0.05, 0) is 56.3 Å². The van der Waals surface area contributed by atoms with Crippen molar-refractivity contribution >= 4 is 11.6 Å². The number of phenolic OH excluding ortho intramolecular Hbond substituents is 1. The number of hydrogen-bond acceptors (Lipinski definition) is 3. The molecule has 1 fully saturated rings. The molecule has 1 amide bonds. The number of rotatable bonds is 2. The highest BCUT2D eigenvalue weighted by Crippen LogP contribution is 2.29. The van der Waals surface area contributed by atoms with Gasteiger partial charge in [0.2, 0.25) is 5.91 Å². The average molecular weight is 262 g/mol. The monoisotopic (exact) mass is 262 g/mol. The van der Waals surface area contributed by atoms with Crippen LogP contribution in [0.25, 0.3) is 0 Å². The SMILES string of the molecule is Cc1cc(C)c(O)c(NC(=O)C2NCCCC2C)c1. The Balaban J connectivity index is 2.14. The summed E-state index contributed by atoms with van der Waals surface area (Å²) in [6.45, 7) is 6.74. The third-order valence-electron chi connectivity index (χ3n) is 3.75. The smallest absolute Gasteiger partial charge is 0.241 e. The summed E-state index contributed by atoms with van der Waals surface area (Å²) in [7, 11) is 0. The first-order valence-electron chi connectivity index (χ1n) is 6.83. The standard InChI is InChI=1S/C15H22N2O2/c1-9-7-11(3)14(18)12(8-9)17-15(19)13-10(2)5-4-6-16-13/h7-8,10,13,16,18H,4-6H2,1-3H3,(H,17,19). The third kappa shape index (κ3) is 3.07. The Bertz CT molecular complexity index is 485. The van der Waals surface area contributed by atoms with Gasteiger partial charge in [0.25, 0.3) is 0 Å². The number of aromatic hydroxyl groups is 1. The molecule has 0 radical (unpaired) electrons. The van der Waals surface area contributed by atoms with Gasteiger partial charge in [0.1, 0.15) is 5.75 Å². The first-order valence-corrected chi connectivity index (χ1v) is 6.83. The minimum atomic E-state index is -0.172. The van der Waals surface area contributed by atoms with Crippen LogP contribution >= 0.6 is 0 Å². The molecular formula is C15H22N2O2. The van der Waals surface area contributed by atoms with Gasteiger partial charge >= 0.3 is 0 Å². The maximum absolute atomic E-state index is 12.3. The van der Waals surface area contributed by atoms with E-state index >= 15 is 0 Å². The summed E-state index contributed by atoms with van der Waals surface area (Å²) >= 11 is 0. The summed E-state index contributed by atoms with van der Waals surface area (Å²) in [5, 5.41) is 16.1. The number of carbonyl (C=O) groups excluding carboxylic acids is 1. The first kappa shape index (κ1) is 13.9. The van der Waals surface area contributed by atoms with Gasteiger partial charge < -0.3 is 15.7 Å². The number of piperidine rings is 1. The van der Waals surface area contributed by atoms with Crippen molar-refractivity contribution in [2.45, 2.75) is 39.7 Å². The van der Waals surface area contributed by atoms with Crippen LogP contribution in [0.3, 0.4) is 0 Å². The van der Waals surface area contributed by atoms with Crippen LogP contribution in [-0.2, 0) is 4.79 Å². The molecule has 0 bridgehead atoms. The number of anilines is 1. The summed E-state index contributed by atoms with van der Waals surface area (Å²) in [5.74, 6) is 0.414. The molecule has 1 heterocycles. The highest BCUT2D eigenvalue weighted by molar-refractivity contribution is 5.96. The number of benzene rings is 1. The Morgan fingerprint density at radius 3 is 2.84 bits per heavy atom. The molecule has 19 heavy (non-hydrogen) atoms.